The summed E-state index contributed by atoms with van der Waals surface area (Å²) in [7, 11) is 2.94. The number of aliphatic hydroxyl groups is 3. The number of ether oxygens (including phenoxy) is 5. The van der Waals surface area contributed by atoms with Gasteiger partial charge in [-0.3, -0.25) is 19.2 Å². The van der Waals surface area contributed by atoms with Crippen LogP contribution in [0.4, 0.5) is 0 Å². The maximum atomic E-state index is 14.5. The predicted molar refractivity (Wildman–Crippen MR) is 269 cm³/mol. The quantitative estimate of drug-likeness (QED) is 0.102. The Morgan fingerprint density at radius 2 is 1.61 bits per heavy atom. The van der Waals surface area contributed by atoms with Crippen LogP contribution >= 0.6 is 0 Å². The molecule has 3 aliphatic heterocycles. The molecule has 17 heteroatoms. The third-order valence-electron chi connectivity index (χ3n) is 15.5. The van der Waals surface area contributed by atoms with Gasteiger partial charge in [-0.25, -0.2) is 4.79 Å². The molecule has 1 aromatic heterocycles. The molecule has 0 aromatic carbocycles. The van der Waals surface area contributed by atoms with Gasteiger partial charge in [0, 0.05) is 64.5 Å². The second-order valence-electron chi connectivity index (χ2n) is 21.3. The first-order valence-corrected chi connectivity index (χ1v) is 26.4. The van der Waals surface area contributed by atoms with Gasteiger partial charge in [-0.15, -0.1) is 10.2 Å². The van der Waals surface area contributed by atoms with Crippen LogP contribution in [0.5, 0.6) is 0 Å². The van der Waals surface area contributed by atoms with Crippen molar-refractivity contribution in [1.29, 1.82) is 0 Å². The fraction of sp³-hybridized carbons (Fsp3) is 0.727. The van der Waals surface area contributed by atoms with E-state index in [0.29, 0.717) is 82.9 Å². The summed E-state index contributed by atoms with van der Waals surface area (Å²) in [5, 5.41) is 41.9. The lowest BCUT2D eigenvalue weighted by Crippen LogP contribution is -2.61. The number of esters is 1. The van der Waals surface area contributed by atoms with Crippen molar-refractivity contribution >= 4 is 29.2 Å². The van der Waals surface area contributed by atoms with Gasteiger partial charge in [0.05, 0.1) is 24.4 Å². The molecule has 15 atom stereocenters. The monoisotopic (exact) mass is 1010 g/mol. The summed E-state index contributed by atoms with van der Waals surface area (Å²) in [4.78, 5) is 72.6. The minimum Gasteiger partial charge on any atom is -0.460 e. The molecule has 0 radical (unpaired) electrons. The van der Waals surface area contributed by atoms with Crippen LogP contribution in [0.2, 0.25) is 0 Å². The number of carbonyl (C=O) groups excluding carboxylic acids is 5. The van der Waals surface area contributed by atoms with Gasteiger partial charge in [0.25, 0.3) is 11.7 Å². The number of carbonyl (C=O) groups is 5. The van der Waals surface area contributed by atoms with Gasteiger partial charge in [-0.1, -0.05) is 71.1 Å². The summed E-state index contributed by atoms with van der Waals surface area (Å²) >= 11 is 0. The van der Waals surface area contributed by atoms with Crippen LogP contribution in [-0.2, 0) is 54.2 Å². The third-order valence-corrected chi connectivity index (χ3v) is 15.5. The highest BCUT2D eigenvalue weighted by Gasteiger charge is 2.53. The molecule has 1 aromatic rings. The zero-order chi connectivity index (χ0) is 52.7. The number of aromatic nitrogens is 3. The molecule has 72 heavy (non-hydrogen) atoms. The molecular weight excluding hydrogens is 925 g/mol. The Balaban J connectivity index is 1.47. The molecule has 3 N–H and O–H groups in total. The normalized spacial score (nSPS) is 37.6. The molecule has 4 heterocycles. The van der Waals surface area contributed by atoms with Gasteiger partial charge < -0.3 is 48.5 Å². The predicted octanol–water partition coefficient (Wildman–Crippen LogP) is 6.23. The fourth-order valence-corrected chi connectivity index (χ4v) is 10.8. The standard InChI is InChI=1S/C55H84N4O13/c1-34-16-11-10-12-17-35(2)46(70-25-15-23-58-32-56-57-33-58)30-42-21-19-40(7)55(67,72-42)52(64)53(65)59-24-14-13-18-43(59)54(66)71-47(37(4)28-41-20-22-44(60)48(29-41)68-8)31-45(61)36(3)27-39(6)50(63)51(69-9)49(62)38(5)26-34/h10-12,16-17,27,32-34,36-38,40-44,46-48,50-51,60,63,67H,13-15,18-26,28-31H2,1-9H3/b12-10+,16-11+,35-17+,39-27+/t34-,36-,37-,38-,40-,41+,42+,43+,44-,46?,47+,48-,50-,51+,55-/m1/s1. The molecule has 4 aliphatic rings. The molecule has 1 unspecified atom stereocenters. The molecule has 2 bridgehead atoms. The topological polar surface area (TPSA) is 226 Å². The van der Waals surface area contributed by atoms with Crippen LogP contribution in [0.25, 0.3) is 0 Å². The Morgan fingerprint density at radius 3 is 2.32 bits per heavy atom. The number of piperidine rings is 1. The number of cyclic esters (lactones) is 1. The molecule has 5 rings (SSSR count). The van der Waals surface area contributed by atoms with E-state index in [2.05, 4.69) is 10.2 Å². The van der Waals surface area contributed by atoms with Crippen LogP contribution < -0.4 is 0 Å². The minimum absolute atomic E-state index is 0.00379. The number of methoxy groups -OCH3 is 2. The molecule has 17 nitrogen and oxygen atoms in total. The number of nitrogens with zero attached hydrogens (tertiary/aromatic N) is 4. The minimum atomic E-state index is -2.47. The van der Waals surface area contributed by atoms with Crippen molar-refractivity contribution in [3.05, 3.63) is 60.3 Å². The lowest BCUT2D eigenvalue weighted by Gasteiger charge is -2.43. The van der Waals surface area contributed by atoms with Crippen molar-refractivity contribution in [2.24, 2.45) is 35.5 Å². The van der Waals surface area contributed by atoms with Gasteiger partial charge in [0.1, 0.15) is 42.8 Å². The van der Waals surface area contributed by atoms with Gasteiger partial charge in [0.15, 0.2) is 5.78 Å². The van der Waals surface area contributed by atoms with E-state index in [1.54, 1.807) is 46.6 Å². The molecule has 0 spiro atoms. The molecule has 1 saturated carbocycles. The first kappa shape index (κ1) is 58.7. The summed E-state index contributed by atoms with van der Waals surface area (Å²) in [6.45, 7) is 13.8. The number of hydrogen-bond acceptors (Lipinski definition) is 15. The highest BCUT2D eigenvalue weighted by atomic mass is 16.6. The lowest BCUT2D eigenvalue weighted by atomic mass is 9.78. The maximum absolute atomic E-state index is 14.5. The molecular formula is C55H84N4O13. The zero-order valence-corrected chi connectivity index (χ0v) is 44.2. The Morgan fingerprint density at radius 1 is 0.875 bits per heavy atom. The van der Waals surface area contributed by atoms with E-state index in [-0.39, 0.29) is 61.2 Å². The highest BCUT2D eigenvalue weighted by Crippen LogP contribution is 2.38. The van der Waals surface area contributed by atoms with Crippen molar-refractivity contribution in [3.8, 4) is 0 Å². The van der Waals surface area contributed by atoms with E-state index in [1.807, 2.05) is 62.6 Å². The number of aliphatic hydroxyl groups excluding tert-OH is 2. The molecule has 2 saturated heterocycles. The van der Waals surface area contributed by atoms with E-state index in [0.717, 1.165) is 5.57 Å². The van der Waals surface area contributed by atoms with Crippen molar-refractivity contribution in [2.45, 2.75) is 193 Å². The average molecular weight is 1010 g/mol. The summed E-state index contributed by atoms with van der Waals surface area (Å²) in [5.41, 5.74) is 1.25. The number of allylic oxidation sites excluding steroid dienone is 6. The second kappa shape index (κ2) is 27.9. The van der Waals surface area contributed by atoms with E-state index < -0.39 is 83.9 Å². The SMILES string of the molecule is CO[C@@H]1C[C@H](C[C@@H](C)[C@@H]2CC(=O)[C@H](C)/C=C(\C)[C@@H](O)[C@@H](OC)C(=O)[C@H](C)C[C@H](C)/C=C/C=C/C=C(\C)C(OCCCn3cnnc3)C[C@@H]3CC[C@@H](C)[C@@](O)(O3)C(=O)C(=O)N3CCCC[C@H]3C(=O)O2)CC[C@H]1O. The number of Topliss-reactive ketones (excluding diaryl/α,β-unsaturated/α-hetero) is 3. The first-order valence-electron chi connectivity index (χ1n) is 26.4. The molecule has 1 aliphatic carbocycles. The van der Waals surface area contributed by atoms with Crippen LogP contribution in [0.15, 0.2) is 60.3 Å². The van der Waals surface area contributed by atoms with Crippen molar-refractivity contribution in [2.75, 3.05) is 27.4 Å². The Kier molecular flexibility index (Phi) is 22.7. The summed E-state index contributed by atoms with van der Waals surface area (Å²) in [6.07, 6.45) is 14.8. The number of fused-ring (bicyclic) bond motifs is 3. The molecule has 402 valence electrons. The zero-order valence-electron chi connectivity index (χ0n) is 44.2. The number of amides is 1. The van der Waals surface area contributed by atoms with Crippen LogP contribution in [0.3, 0.4) is 0 Å². The van der Waals surface area contributed by atoms with Gasteiger partial charge in [-0.05, 0) is 113 Å². The van der Waals surface area contributed by atoms with Crippen LogP contribution in [0.1, 0.15) is 132 Å². The fourth-order valence-electron chi connectivity index (χ4n) is 10.8. The van der Waals surface area contributed by atoms with E-state index in [1.165, 1.54) is 12.0 Å². The average Bonchev–Trinajstić information content (AvgIpc) is 3.89. The Hall–Kier alpha value is -4.23. The first-order chi connectivity index (χ1) is 34.3. The van der Waals surface area contributed by atoms with Crippen molar-refractivity contribution < 1.29 is 63.0 Å². The van der Waals surface area contributed by atoms with Crippen LogP contribution in [0, 0.1) is 35.5 Å². The summed E-state index contributed by atoms with van der Waals surface area (Å²) in [5.74, 6) is -8.15. The molecule has 1 amide bonds. The van der Waals surface area contributed by atoms with Crippen molar-refractivity contribution in [3.63, 3.8) is 0 Å². The van der Waals surface area contributed by atoms with E-state index in [9.17, 15) is 39.3 Å². The second-order valence-corrected chi connectivity index (χ2v) is 21.3. The summed E-state index contributed by atoms with van der Waals surface area (Å²) < 4.78 is 32.1. The summed E-state index contributed by atoms with van der Waals surface area (Å²) in [6, 6.07) is -1.16. The number of rotatable bonds is 10. The van der Waals surface area contributed by atoms with Crippen LogP contribution in [-0.4, -0.2) is 146 Å². The smallest absolute Gasteiger partial charge is 0.329 e. The number of hydrogen-bond donors (Lipinski definition) is 3. The highest BCUT2D eigenvalue weighted by molar-refractivity contribution is 6.39. The Bertz CT molecular complexity index is 2070. The molecule has 3 fully saturated rings. The van der Waals surface area contributed by atoms with Gasteiger partial charge >= 0.3 is 5.97 Å². The largest absolute Gasteiger partial charge is 0.460 e. The maximum Gasteiger partial charge on any atom is 0.329 e. The van der Waals surface area contributed by atoms with Gasteiger partial charge in [-0.2, -0.15) is 0 Å². The van der Waals surface area contributed by atoms with Gasteiger partial charge in [0.2, 0.25) is 5.79 Å². The van der Waals surface area contributed by atoms with E-state index >= 15 is 0 Å². The van der Waals surface area contributed by atoms with Crippen molar-refractivity contribution in [1.82, 2.24) is 19.7 Å². The number of aryl methyl sites for hydroxylation is 1. The lowest BCUT2D eigenvalue weighted by molar-refractivity contribution is -0.266. The Labute approximate surface area is 426 Å². The third kappa shape index (κ3) is 15.9. The van der Waals surface area contributed by atoms with E-state index in [4.69, 9.17) is 23.7 Å². The number of ketones is 3.